The van der Waals surface area contributed by atoms with Crippen LogP contribution in [-0.2, 0) is 5.54 Å². The van der Waals surface area contributed by atoms with Crippen LogP contribution < -0.4 is 5.73 Å². The van der Waals surface area contributed by atoms with Gasteiger partial charge in [-0.1, -0.05) is 10.3 Å². The van der Waals surface area contributed by atoms with Crippen molar-refractivity contribution in [2.24, 2.45) is 5.73 Å². The monoisotopic (exact) mass is 347 g/mol. The summed E-state index contributed by atoms with van der Waals surface area (Å²) in [6.45, 7) is 1.89. The van der Waals surface area contributed by atoms with Crippen molar-refractivity contribution in [3.8, 4) is 11.5 Å². The predicted octanol–water partition coefficient (Wildman–Crippen LogP) is 3.22. The average molecular weight is 348 g/mol. The van der Waals surface area contributed by atoms with Gasteiger partial charge in [0.25, 0.3) is 11.6 Å². The van der Waals surface area contributed by atoms with Gasteiger partial charge in [-0.05, 0) is 45.1 Å². The van der Waals surface area contributed by atoms with E-state index in [4.69, 9.17) is 14.8 Å². The van der Waals surface area contributed by atoms with Crippen LogP contribution in [0, 0.1) is 6.92 Å². The quantitative estimate of drug-likeness (QED) is 0.775. The molecule has 0 atom stereocenters. The Labute approximate surface area is 144 Å². The molecule has 24 heavy (non-hydrogen) atoms. The van der Waals surface area contributed by atoms with Gasteiger partial charge in [0.15, 0.2) is 5.82 Å². The smallest absolute Gasteiger partial charge is 0.259 e. The molecule has 3 aromatic rings. The van der Waals surface area contributed by atoms with Crippen LogP contribution in [0.15, 0.2) is 15.1 Å². The minimum absolute atomic E-state index is 0. The van der Waals surface area contributed by atoms with Gasteiger partial charge in [0.05, 0.1) is 22.2 Å². The maximum absolute atomic E-state index is 6.30. The molecule has 0 spiro atoms. The number of aryl methyl sites for hydroxylation is 1. The number of fused-ring (bicyclic) bond motifs is 1. The first kappa shape index (κ1) is 15.5. The van der Waals surface area contributed by atoms with E-state index in [-0.39, 0.29) is 12.4 Å². The lowest BCUT2D eigenvalue weighted by molar-refractivity contribution is 0.229. The van der Waals surface area contributed by atoms with E-state index in [1.165, 1.54) is 0 Å². The van der Waals surface area contributed by atoms with Gasteiger partial charge < -0.3 is 14.8 Å². The molecule has 7 nitrogen and oxygen atoms in total. The summed E-state index contributed by atoms with van der Waals surface area (Å²) in [4.78, 5) is 9.15. The zero-order chi connectivity index (χ0) is 15.6. The molecule has 2 N–H and O–H groups in total. The fourth-order valence-corrected chi connectivity index (χ4v) is 3.19. The van der Waals surface area contributed by atoms with Gasteiger partial charge in [0.2, 0.25) is 0 Å². The van der Waals surface area contributed by atoms with Crippen LogP contribution in [0.1, 0.15) is 55.2 Å². The lowest BCUT2D eigenvalue weighted by atomic mass is 9.77. The van der Waals surface area contributed by atoms with E-state index in [0.717, 1.165) is 54.4 Å². The second-order valence-corrected chi connectivity index (χ2v) is 6.75. The van der Waals surface area contributed by atoms with E-state index in [2.05, 4.69) is 20.3 Å². The van der Waals surface area contributed by atoms with Crippen LogP contribution in [0.25, 0.3) is 22.6 Å². The summed E-state index contributed by atoms with van der Waals surface area (Å²) < 4.78 is 10.9. The highest BCUT2D eigenvalue weighted by molar-refractivity contribution is 5.91. The van der Waals surface area contributed by atoms with E-state index in [0.29, 0.717) is 23.3 Å². The van der Waals surface area contributed by atoms with Crippen molar-refractivity contribution in [2.45, 2.75) is 50.5 Å². The van der Waals surface area contributed by atoms with Crippen molar-refractivity contribution in [1.29, 1.82) is 0 Å². The predicted molar refractivity (Wildman–Crippen MR) is 88.8 cm³/mol. The number of hydrogen-bond donors (Lipinski definition) is 1. The van der Waals surface area contributed by atoms with Gasteiger partial charge in [-0.25, -0.2) is 4.98 Å². The van der Waals surface area contributed by atoms with E-state index in [1.54, 1.807) is 0 Å². The van der Waals surface area contributed by atoms with Crippen LogP contribution in [-0.4, -0.2) is 20.3 Å². The van der Waals surface area contributed by atoms with E-state index in [9.17, 15) is 0 Å². The summed E-state index contributed by atoms with van der Waals surface area (Å²) in [5.41, 5.74) is 9.03. The molecule has 8 heteroatoms. The molecule has 2 fully saturated rings. The number of pyridine rings is 1. The van der Waals surface area contributed by atoms with Gasteiger partial charge in [0.1, 0.15) is 0 Å². The Bertz CT molecular complexity index is 910. The van der Waals surface area contributed by atoms with Gasteiger partial charge >= 0.3 is 0 Å². The maximum atomic E-state index is 6.30. The molecule has 3 aromatic heterocycles. The summed E-state index contributed by atoms with van der Waals surface area (Å²) in [5.74, 6) is 1.56. The molecule has 2 aliphatic rings. The van der Waals surface area contributed by atoms with Crippen LogP contribution in [0.4, 0.5) is 0 Å². The molecule has 0 bridgehead atoms. The molecule has 5 rings (SSSR count). The Balaban J connectivity index is 0.00000146. The van der Waals surface area contributed by atoms with Crippen molar-refractivity contribution >= 4 is 23.5 Å². The highest BCUT2D eigenvalue weighted by Gasteiger charge is 2.39. The molecular formula is C16H18ClN5O2. The number of hydrogen-bond acceptors (Lipinski definition) is 7. The number of nitrogens with zero attached hydrogens (tertiary/aromatic N) is 4. The Morgan fingerprint density at radius 1 is 1.17 bits per heavy atom. The van der Waals surface area contributed by atoms with Crippen molar-refractivity contribution in [3.05, 3.63) is 23.3 Å². The number of halogens is 1. The van der Waals surface area contributed by atoms with Gasteiger partial charge in [-0.15, -0.1) is 12.4 Å². The Morgan fingerprint density at radius 2 is 1.96 bits per heavy atom. The van der Waals surface area contributed by atoms with Crippen LogP contribution in [0.3, 0.4) is 0 Å². The molecule has 126 valence electrons. The summed E-state index contributed by atoms with van der Waals surface area (Å²) in [6.07, 6.45) is 5.23. The average Bonchev–Trinajstić information content (AvgIpc) is 3.14. The zero-order valence-electron chi connectivity index (χ0n) is 13.3. The van der Waals surface area contributed by atoms with Crippen LogP contribution in [0.5, 0.6) is 0 Å². The van der Waals surface area contributed by atoms with Crippen molar-refractivity contribution in [3.63, 3.8) is 0 Å². The fraction of sp³-hybridized carbons (Fsp3) is 0.500. The highest BCUT2D eigenvalue weighted by atomic mass is 35.5. The van der Waals surface area contributed by atoms with Gasteiger partial charge in [-0.3, -0.25) is 0 Å². The number of rotatable bonds is 3. The lowest BCUT2D eigenvalue weighted by Crippen LogP contribution is -2.44. The molecule has 2 saturated carbocycles. The molecule has 3 heterocycles. The Kier molecular flexibility index (Phi) is 3.40. The standard InChI is InChI=1S/C16H17N5O2.ClH/c1-8-12-10(7-11(9-3-4-9)18-14(12)23-20-8)13-19-15(21-22-13)16(17)5-2-6-16;/h7,9H,2-6,17H2,1H3;1H. The summed E-state index contributed by atoms with van der Waals surface area (Å²) in [7, 11) is 0. The Morgan fingerprint density at radius 3 is 2.62 bits per heavy atom. The third kappa shape index (κ3) is 2.22. The van der Waals surface area contributed by atoms with Crippen LogP contribution >= 0.6 is 12.4 Å². The van der Waals surface area contributed by atoms with E-state index in [1.807, 2.05) is 13.0 Å². The van der Waals surface area contributed by atoms with E-state index >= 15 is 0 Å². The van der Waals surface area contributed by atoms with Crippen LogP contribution in [0.2, 0.25) is 0 Å². The molecule has 0 aliphatic heterocycles. The maximum Gasteiger partial charge on any atom is 0.259 e. The molecule has 0 saturated heterocycles. The molecule has 0 unspecified atom stereocenters. The molecule has 0 amide bonds. The topological polar surface area (TPSA) is 104 Å². The first-order valence-electron chi connectivity index (χ1n) is 8.04. The second-order valence-electron chi connectivity index (χ2n) is 6.75. The first-order valence-corrected chi connectivity index (χ1v) is 8.04. The number of aromatic nitrogens is 4. The van der Waals surface area contributed by atoms with Crippen molar-refractivity contribution in [1.82, 2.24) is 20.3 Å². The SMILES string of the molecule is Cc1noc2nc(C3CC3)cc(-c3nc(C4(N)CCC4)no3)c12.Cl. The summed E-state index contributed by atoms with van der Waals surface area (Å²) >= 11 is 0. The van der Waals surface area contributed by atoms with Gasteiger partial charge in [0, 0.05) is 11.6 Å². The first-order chi connectivity index (χ1) is 11.1. The minimum atomic E-state index is -0.434. The highest BCUT2D eigenvalue weighted by Crippen LogP contribution is 2.43. The third-order valence-corrected chi connectivity index (χ3v) is 4.98. The van der Waals surface area contributed by atoms with Crippen molar-refractivity contribution in [2.75, 3.05) is 0 Å². The molecule has 0 radical (unpaired) electrons. The normalized spacial score (nSPS) is 19.1. The molecule has 0 aromatic carbocycles. The van der Waals surface area contributed by atoms with Gasteiger partial charge in [-0.2, -0.15) is 4.98 Å². The minimum Gasteiger partial charge on any atom is -0.336 e. The second kappa shape index (κ2) is 5.26. The Hall–Kier alpha value is -1.99. The number of nitrogens with two attached hydrogens (primary N) is 1. The fourth-order valence-electron chi connectivity index (χ4n) is 3.19. The third-order valence-electron chi connectivity index (χ3n) is 4.98. The lowest BCUT2D eigenvalue weighted by Gasteiger charge is -2.34. The van der Waals surface area contributed by atoms with E-state index < -0.39 is 5.54 Å². The molecule has 2 aliphatic carbocycles. The summed E-state index contributed by atoms with van der Waals surface area (Å²) in [6, 6.07) is 2.03. The zero-order valence-corrected chi connectivity index (χ0v) is 14.1. The summed E-state index contributed by atoms with van der Waals surface area (Å²) in [5, 5.41) is 8.99. The largest absolute Gasteiger partial charge is 0.336 e. The molecular weight excluding hydrogens is 330 g/mol. The van der Waals surface area contributed by atoms with Crippen molar-refractivity contribution < 1.29 is 9.05 Å².